The van der Waals surface area contributed by atoms with Crippen LogP contribution in [0.25, 0.3) is 0 Å². The number of carboxylic acids is 1. The number of carboxylic acid groups (broad SMARTS) is 1. The number of carbonyl (C=O) groups is 1. The second-order valence-corrected chi connectivity index (χ2v) is 4.53. The zero-order valence-corrected chi connectivity index (χ0v) is 11.2. The number of aromatic carboxylic acids is 1. The summed E-state index contributed by atoms with van der Waals surface area (Å²) < 4.78 is 10.7. The first-order valence-electron chi connectivity index (χ1n) is 6.09. The monoisotopic (exact) mass is 263 g/mol. The van der Waals surface area contributed by atoms with Crippen molar-refractivity contribution < 1.29 is 18.7 Å². The van der Waals surface area contributed by atoms with Crippen LogP contribution in [0.4, 0.5) is 0 Å². The van der Waals surface area contributed by atoms with E-state index in [1.165, 1.54) is 12.3 Å². The quantitative estimate of drug-likeness (QED) is 0.867. The number of rotatable bonds is 5. The fourth-order valence-corrected chi connectivity index (χ4v) is 2.10. The van der Waals surface area contributed by atoms with Crippen molar-refractivity contribution in [2.24, 2.45) is 0 Å². The number of hydrogen-bond donors (Lipinski definition) is 2. The fraction of sp³-hybridized carbons (Fsp3) is 0.357. The fourth-order valence-electron chi connectivity index (χ4n) is 2.10. The Morgan fingerprint density at radius 1 is 1.47 bits per heavy atom. The SMILES string of the molecule is Cc1cc(C(C)NCc2occc2C(=O)O)c(C)o1. The molecule has 0 amide bonds. The first-order chi connectivity index (χ1) is 8.99. The van der Waals surface area contributed by atoms with Crippen LogP contribution in [0.2, 0.25) is 0 Å². The predicted molar refractivity (Wildman–Crippen MR) is 69.1 cm³/mol. The summed E-state index contributed by atoms with van der Waals surface area (Å²) >= 11 is 0. The third-order valence-electron chi connectivity index (χ3n) is 3.09. The van der Waals surface area contributed by atoms with Gasteiger partial charge >= 0.3 is 5.97 Å². The molecule has 2 N–H and O–H groups in total. The Bertz CT molecular complexity index is 582. The van der Waals surface area contributed by atoms with Crippen molar-refractivity contribution in [3.8, 4) is 0 Å². The Kier molecular flexibility index (Phi) is 3.76. The van der Waals surface area contributed by atoms with Crippen molar-refractivity contribution >= 4 is 5.97 Å². The average Bonchev–Trinajstić information content (AvgIpc) is 2.92. The lowest BCUT2D eigenvalue weighted by Crippen LogP contribution is -2.19. The van der Waals surface area contributed by atoms with Gasteiger partial charge in [0.15, 0.2) is 0 Å². The lowest BCUT2D eigenvalue weighted by atomic mass is 10.1. The van der Waals surface area contributed by atoms with Crippen molar-refractivity contribution in [3.05, 3.63) is 46.8 Å². The van der Waals surface area contributed by atoms with Gasteiger partial charge in [-0.05, 0) is 32.9 Å². The van der Waals surface area contributed by atoms with Crippen LogP contribution in [0.1, 0.15) is 46.2 Å². The summed E-state index contributed by atoms with van der Waals surface area (Å²) in [6.45, 7) is 6.18. The van der Waals surface area contributed by atoms with E-state index in [9.17, 15) is 4.79 Å². The minimum absolute atomic E-state index is 0.0594. The Labute approximate surface area is 111 Å². The molecule has 1 unspecified atom stereocenters. The van der Waals surface area contributed by atoms with E-state index in [1.54, 1.807) is 0 Å². The molecule has 0 saturated heterocycles. The van der Waals surface area contributed by atoms with Crippen LogP contribution in [0, 0.1) is 13.8 Å². The largest absolute Gasteiger partial charge is 0.478 e. The maximum Gasteiger partial charge on any atom is 0.339 e. The lowest BCUT2D eigenvalue weighted by Gasteiger charge is -2.12. The molecular weight excluding hydrogens is 246 g/mol. The third-order valence-corrected chi connectivity index (χ3v) is 3.09. The number of aryl methyl sites for hydroxylation is 2. The van der Waals surface area contributed by atoms with Gasteiger partial charge in [-0.2, -0.15) is 0 Å². The van der Waals surface area contributed by atoms with Crippen LogP contribution < -0.4 is 5.32 Å². The Balaban J connectivity index is 2.04. The van der Waals surface area contributed by atoms with Gasteiger partial charge in [0.1, 0.15) is 22.8 Å². The molecule has 0 aliphatic rings. The summed E-state index contributed by atoms with van der Waals surface area (Å²) in [7, 11) is 0. The zero-order chi connectivity index (χ0) is 14.0. The van der Waals surface area contributed by atoms with Crippen molar-refractivity contribution in [1.29, 1.82) is 0 Å². The molecule has 2 aromatic heterocycles. The van der Waals surface area contributed by atoms with Gasteiger partial charge in [-0.3, -0.25) is 0 Å². The van der Waals surface area contributed by atoms with Crippen LogP contribution in [-0.4, -0.2) is 11.1 Å². The molecule has 2 aromatic rings. The minimum Gasteiger partial charge on any atom is -0.478 e. The Morgan fingerprint density at radius 2 is 2.21 bits per heavy atom. The summed E-state index contributed by atoms with van der Waals surface area (Å²) in [6.07, 6.45) is 1.39. The summed E-state index contributed by atoms with van der Waals surface area (Å²) in [5.41, 5.74) is 1.26. The highest BCUT2D eigenvalue weighted by molar-refractivity contribution is 5.88. The van der Waals surface area contributed by atoms with Gasteiger partial charge in [-0.15, -0.1) is 0 Å². The van der Waals surface area contributed by atoms with E-state index in [0.29, 0.717) is 12.3 Å². The lowest BCUT2D eigenvalue weighted by molar-refractivity contribution is 0.0694. The van der Waals surface area contributed by atoms with Crippen LogP contribution in [0.3, 0.4) is 0 Å². The first kappa shape index (κ1) is 13.4. The number of nitrogens with one attached hydrogen (secondary N) is 1. The molecule has 0 spiro atoms. The average molecular weight is 263 g/mol. The van der Waals surface area contributed by atoms with Crippen LogP contribution >= 0.6 is 0 Å². The molecule has 5 nitrogen and oxygen atoms in total. The van der Waals surface area contributed by atoms with Gasteiger partial charge in [0, 0.05) is 11.6 Å². The van der Waals surface area contributed by atoms with E-state index in [0.717, 1.165) is 17.1 Å². The second kappa shape index (κ2) is 5.32. The molecule has 0 aliphatic heterocycles. The Morgan fingerprint density at radius 3 is 2.79 bits per heavy atom. The first-order valence-corrected chi connectivity index (χ1v) is 6.09. The molecule has 2 rings (SSSR count). The van der Waals surface area contributed by atoms with Crippen molar-refractivity contribution in [2.45, 2.75) is 33.4 Å². The molecule has 0 fully saturated rings. The standard InChI is InChI=1S/C14H17NO4/c1-8-6-12(10(3)19-8)9(2)15-7-13-11(14(16)17)4-5-18-13/h4-6,9,15H,7H2,1-3H3,(H,16,17). The van der Waals surface area contributed by atoms with Gasteiger partial charge in [-0.25, -0.2) is 4.79 Å². The van der Waals surface area contributed by atoms with Gasteiger partial charge < -0.3 is 19.3 Å². The highest BCUT2D eigenvalue weighted by atomic mass is 16.4. The smallest absolute Gasteiger partial charge is 0.339 e. The van der Waals surface area contributed by atoms with E-state index in [4.69, 9.17) is 13.9 Å². The van der Waals surface area contributed by atoms with Crippen LogP contribution in [-0.2, 0) is 6.54 Å². The summed E-state index contributed by atoms with van der Waals surface area (Å²) in [4.78, 5) is 11.0. The number of hydrogen-bond acceptors (Lipinski definition) is 4. The third kappa shape index (κ3) is 2.88. The topological polar surface area (TPSA) is 75.6 Å². The molecule has 0 bridgehead atoms. The molecule has 5 heteroatoms. The molecule has 0 aliphatic carbocycles. The summed E-state index contributed by atoms with van der Waals surface area (Å²) in [5, 5.41) is 12.2. The second-order valence-electron chi connectivity index (χ2n) is 4.53. The molecule has 0 radical (unpaired) electrons. The maximum absolute atomic E-state index is 11.0. The molecule has 102 valence electrons. The molecule has 0 aromatic carbocycles. The molecule has 19 heavy (non-hydrogen) atoms. The zero-order valence-electron chi connectivity index (χ0n) is 11.2. The van der Waals surface area contributed by atoms with Gasteiger partial charge in [0.25, 0.3) is 0 Å². The molecule has 2 heterocycles. The highest BCUT2D eigenvalue weighted by Gasteiger charge is 2.16. The van der Waals surface area contributed by atoms with E-state index >= 15 is 0 Å². The van der Waals surface area contributed by atoms with Crippen LogP contribution in [0.15, 0.2) is 27.2 Å². The van der Waals surface area contributed by atoms with Crippen molar-refractivity contribution in [3.63, 3.8) is 0 Å². The van der Waals surface area contributed by atoms with E-state index < -0.39 is 5.97 Å². The maximum atomic E-state index is 11.0. The molecule has 0 saturated carbocycles. The summed E-state index contributed by atoms with van der Waals surface area (Å²) in [6, 6.07) is 3.49. The minimum atomic E-state index is -0.978. The number of furan rings is 2. The predicted octanol–water partition coefficient (Wildman–Crippen LogP) is 3.04. The van der Waals surface area contributed by atoms with Gasteiger partial charge in [0.05, 0.1) is 12.8 Å². The summed E-state index contributed by atoms with van der Waals surface area (Å²) in [5.74, 6) is 1.19. The van der Waals surface area contributed by atoms with Gasteiger partial charge in [0.2, 0.25) is 0 Å². The highest BCUT2D eigenvalue weighted by Crippen LogP contribution is 2.22. The normalized spacial score (nSPS) is 12.6. The van der Waals surface area contributed by atoms with E-state index in [2.05, 4.69) is 5.32 Å². The Hall–Kier alpha value is -2.01. The van der Waals surface area contributed by atoms with E-state index in [-0.39, 0.29) is 11.6 Å². The van der Waals surface area contributed by atoms with Crippen molar-refractivity contribution in [1.82, 2.24) is 5.32 Å². The van der Waals surface area contributed by atoms with Crippen LogP contribution in [0.5, 0.6) is 0 Å². The van der Waals surface area contributed by atoms with Gasteiger partial charge in [-0.1, -0.05) is 0 Å². The van der Waals surface area contributed by atoms with Crippen molar-refractivity contribution in [2.75, 3.05) is 0 Å². The van der Waals surface area contributed by atoms with E-state index in [1.807, 2.05) is 26.8 Å². The molecular formula is C14H17NO4. The molecule has 1 atom stereocenters.